The van der Waals surface area contributed by atoms with Crippen LogP contribution in [0, 0.1) is 0 Å². The second-order valence-electron chi connectivity index (χ2n) is 13.2. The van der Waals surface area contributed by atoms with E-state index in [4.69, 9.17) is 14.2 Å². The lowest BCUT2D eigenvalue weighted by molar-refractivity contribution is -0.163. The molecular formula is C39H76O5. The van der Waals surface area contributed by atoms with Crippen molar-refractivity contribution in [2.45, 2.75) is 219 Å². The van der Waals surface area contributed by atoms with Crippen LogP contribution in [0.3, 0.4) is 0 Å². The molecule has 0 aromatic carbocycles. The van der Waals surface area contributed by atoms with Gasteiger partial charge in [0.1, 0.15) is 6.61 Å². The molecule has 0 aromatic rings. The SMILES string of the molecule is CCCCCCCCCCCCCCCCCC(=O)OCC(COCCCCCCCC)OC(=O)CCCCCCCCC. The minimum absolute atomic E-state index is 0.0941. The zero-order valence-corrected chi connectivity index (χ0v) is 30.0. The zero-order valence-electron chi connectivity index (χ0n) is 30.0. The second kappa shape index (κ2) is 36.4. The highest BCUT2D eigenvalue weighted by molar-refractivity contribution is 5.70. The summed E-state index contributed by atoms with van der Waals surface area (Å²) in [6, 6.07) is 0. The molecule has 0 heterocycles. The molecule has 0 radical (unpaired) electrons. The highest BCUT2D eigenvalue weighted by Gasteiger charge is 2.17. The summed E-state index contributed by atoms with van der Waals surface area (Å²) < 4.78 is 17.1. The minimum Gasteiger partial charge on any atom is -0.462 e. The third-order valence-electron chi connectivity index (χ3n) is 8.64. The van der Waals surface area contributed by atoms with E-state index in [1.165, 1.54) is 141 Å². The number of esters is 2. The fourth-order valence-electron chi connectivity index (χ4n) is 5.69. The monoisotopic (exact) mass is 625 g/mol. The Balaban J connectivity index is 4.02. The normalized spacial score (nSPS) is 12.0. The van der Waals surface area contributed by atoms with Gasteiger partial charge in [-0.15, -0.1) is 0 Å². The van der Waals surface area contributed by atoms with Crippen molar-refractivity contribution in [3.8, 4) is 0 Å². The Morgan fingerprint density at radius 2 is 0.750 bits per heavy atom. The number of carbonyl (C=O) groups is 2. The van der Waals surface area contributed by atoms with Crippen molar-refractivity contribution < 1.29 is 23.8 Å². The first-order chi connectivity index (χ1) is 21.6. The summed E-state index contributed by atoms with van der Waals surface area (Å²) in [7, 11) is 0. The molecule has 0 aliphatic heterocycles. The van der Waals surface area contributed by atoms with Crippen LogP contribution in [0.1, 0.15) is 213 Å². The van der Waals surface area contributed by atoms with E-state index in [-0.39, 0.29) is 18.5 Å². The highest BCUT2D eigenvalue weighted by Crippen LogP contribution is 2.14. The molecule has 0 rings (SSSR count). The van der Waals surface area contributed by atoms with Gasteiger partial charge in [0.2, 0.25) is 0 Å². The van der Waals surface area contributed by atoms with Gasteiger partial charge in [0.25, 0.3) is 0 Å². The Morgan fingerprint density at radius 1 is 0.409 bits per heavy atom. The van der Waals surface area contributed by atoms with Gasteiger partial charge in [-0.25, -0.2) is 0 Å². The van der Waals surface area contributed by atoms with Gasteiger partial charge in [-0.05, 0) is 19.3 Å². The van der Waals surface area contributed by atoms with E-state index in [0.29, 0.717) is 26.1 Å². The Morgan fingerprint density at radius 3 is 1.16 bits per heavy atom. The summed E-state index contributed by atoms with van der Waals surface area (Å²) in [5, 5.41) is 0. The topological polar surface area (TPSA) is 61.8 Å². The van der Waals surface area contributed by atoms with Crippen molar-refractivity contribution in [3.63, 3.8) is 0 Å². The van der Waals surface area contributed by atoms with Gasteiger partial charge in [0.05, 0.1) is 6.61 Å². The lowest BCUT2D eigenvalue weighted by Crippen LogP contribution is -2.30. The summed E-state index contributed by atoms with van der Waals surface area (Å²) in [5.74, 6) is -0.395. The third-order valence-corrected chi connectivity index (χ3v) is 8.64. The van der Waals surface area contributed by atoms with Gasteiger partial charge < -0.3 is 14.2 Å². The van der Waals surface area contributed by atoms with Gasteiger partial charge in [0, 0.05) is 19.4 Å². The molecule has 1 unspecified atom stereocenters. The lowest BCUT2D eigenvalue weighted by atomic mass is 10.0. The van der Waals surface area contributed by atoms with E-state index in [0.717, 1.165) is 38.5 Å². The molecular weight excluding hydrogens is 548 g/mol. The summed E-state index contributed by atoms with van der Waals surface area (Å²) in [5.41, 5.74) is 0. The molecule has 1 atom stereocenters. The standard InChI is InChI=1S/C39H76O5/c1-4-7-10-13-16-17-18-19-20-21-22-23-25-26-29-32-38(40)43-36-37(35-42-34-31-28-15-12-9-6-3)44-39(41)33-30-27-24-14-11-8-5-2/h37H,4-36H2,1-3H3. The summed E-state index contributed by atoms with van der Waals surface area (Å²) >= 11 is 0. The van der Waals surface area contributed by atoms with Gasteiger partial charge in [0.15, 0.2) is 6.10 Å². The third kappa shape index (κ3) is 33.8. The van der Waals surface area contributed by atoms with E-state index < -0.39 is 6.10 Å². The van der Waals surface area contributed by atoms with Crippen LogP contribution < -0.4 is 0 Å². The molecule has 0 saturated heterocycles. The summed E-state index contributed by atoms with van der Waals surface area (Å²) in [6.07, 6.45) is 35.4. The number of ether oxygens (including phenoxy) is 3. The van der Waals surface area contributed by atoms with Crippen molar-refractivity contribution in [1.29, 1.82) is 0 Å². The van der Waals surface area contributed by atoms with Crippen molar-refractivity contribution in [3.05, 3.63) is 0 Å². The van der Waals surface area contributed by atoms with Crippen molar-refractivity contribution in [1.82, 2.24) is 0 Å². The Kier molecular flexibility index (Phi) is 35.5. The number of hydrogen-bond acceptors (Lipinski definition) is 5. The fourth-order valence-corrected chi connectivity index (χ4v) is 5.69. The van der Waals surface area contributed by atoms with Crippen LogP contribution in [0.4, 0.5) is 0 Å². The zero-order chi connectivity index (χ0) is 32.2. The van der Waals surface area contributed by atoms with Crippen molar-refractivity contribution in [2.75, 3.05) is 19.8 Å². The predicted molar refractivity (Wildman–Crippen MR) is 187 cm³/mol. The maximum atomic E-state index is 12.5. The van der Waals surface area contributed by atoms with Gasteiger partial charge in [-0.3, -0.25) is 9.59 Å². The number of carbonyl (C=O) groups excluding carboxylic acids is 2. The molecule has 0 N–H and O–H groups in total. The Labute approximate surface area is 274 Å². The van der Waals surface area contributed by atoms with Crippen LogP contribution in [0.2, 0.25) is 0 Å². The van der Waals surface area contributed by atoms with Crippen LogP contribution in [-0.4, -0.2) is 37.9 Å². The van der Waals surface area contributed by atoms with Gasteiger partial charge >= 0.3 is 11.9 Å². The quantitative estimate of drug-likeness (QED) is 0.0512. The first-order valence-corrected chi connectivity index (χ1v) is 19.6. The van der Waals surface area contributed by atoms with Gasteiger partial charge in [-0.1, -0.05) is 181 Å². The second-order valence-corrected chi connectivity index (χ2v) is 13.2. The predicted octanol–water partition coefficient (Wildman–Crippen LogP) is 12.2. The largest absolute Gasteiger partial charge is 0.462 e. The highest BCUT2D eigenvalue weighted by atomic mass is 16.6. The Hall–Kier alpha value is -1.10. The first kappa shape index (κ1) is 42.9. The van der Waals surface area contributed by atoms with Crippen LogP contribution in [0.5, 0.6) is 0 Å². The number of unbranched alkanes of at least 4 members (excludes halogenated alkanes) is 25. The molecule has 0 fully saturated rings. The molecule has 0 saturated carbocycles. The maximum absolute atomic E-state index is 12.5. The van der Waals surface area contributed by atoms with Gasteiger partial charge in [-0.2, -0.15) is 0 Å². The lowest BCUT2D eigenvalue weighted by Gasteiger charge is -2.18. The van der Waals surface area contributed by atoms with E-state index in [1.54, 1.807) is 0 Å². The maximum Gasteiger partial charge on any atom is 0.306 e. The molecule has 0 aliphatic rings. The van der Waals surface area contributed by atoms with Crippen LogP contribution in [0.15, 0.2) is 0 Å². The average Bonchev–Trinajstić information content (AvgIpc) is 3.02. The van der Waals surface area contributed by atoms with E-state index in [9.17, 15) is 9.59 Å². The van der Waals surface area contributed by atoms with Crippen LogP contribution >= 0.6 is 0 Å². The minimum atomic E-state index is -0.517. The first-order valence-electron chi connectivity index (χ1n) is 19.6. The number of rotatable bonds is 36. The smallest absolute Gasteiger partial charge is 0.306 e. The molecule has 5 nitrogen and oxygen atoms in total. The van der Waals surface area contributed by atoms with Crippen molar-refractivity contribution >= 4 is 11.9 Å². The molecule has 0 amide bonds. The molecule has 0 bridgehead atoms. The molecule has 5 heteroatoms. The molecule has 0 aromatic heterocycles. The summed E-state index contributed by atoms with van der Waals surface area (Å²) in [6.45, 7) is 7.78. The Bertz CT molecular complexity index is 593. The van der Waals surface area contributed by atoms with Crippen LogP contribution in [0.25, 0.3) is 0 Å². The van der Waals surface area contributed by atoms with E-state index in [2.05, 4.69) is 20.8 Å². The van der Waals surface area contributed by atoms with Crippen molar-refractivity contribution in [2.24, 2.45) is 0 Å². The molecule has 0 aliphatic carbocycles. The molecule has 44 heavy (non-hydrogen) atoms. The average molecular weight is 625 g/mol. The van der Waals surface area contributed by atoms with E-state index >= 15 is 0 Å². The fraction of sp³-hybridized carbons (Fsp3) is 0.949. The number of hydrogen-bond donors (Lipinski definition) is 0. The molecule has 0 spiro atoms. The summed E-state index contributed by atoms with van der Waals surface area (Å²) in [4.78, 5) is 24.9. The van der Waals surface area contributed by atoms with Crippen LogP contribution in [-0.2, 0) is 23.8 Å². The van der Waals surface area contributed by atoms with E-state index in [1.807, 2.05) is 0 Å². The molecule has 262 valence electrons.